The summed E-state index contributed by atoms with van der Waals surface area (Å²) < 4.78 is 0. The topological polar surface area (TPSA) is 12.4 Å². The largest absolute Gasteiger partial charge is 0.293 e. The van der Waals surface area contributed by atoms with Crippen LogP contribution in [0.15, 0.2) is 53.6 Å². The highest BCUT2D eigenvalue weighted by Gasteiger charge is 1.89. The molecule has 0 saturated heterocycles. The van der Waals surface area contributed by atoms with E-state index in [0.717, 1.165) is 16.9 Å². The first-order chi connectivity index (χ1) is 6.11. The zero-order valence-electron chi connectivity index (χ0n) is 8.67. The highest BCUT2D eigenvalue weighted by Crippen LogP contribution is 2.07. The van der Waals surface area contributed by atoms with Gasteiger partial charge in [-0.2, -0.15) is 0 Å². The van der Waals surface area contributed by atoms with Crippen LogP contribution in [0.25, 0.3) is 0 Å². The van der Waals surface area contributed by atoms with Crippen molar-refractivity contribution in [3.8, 4) is 0 Å². The Hall–Kier alpha value is -1.37. The molecular formula is C12H17N. The van der Waals surface area contributed by atoms with Crippen LogP contribution in [0.5, 0.6) is 0 Å². The lowest BCUT2D eigenvalue weighted by atomic mass is 10.1. The molecule has 1 heteroatoms. The van der Waals surface area contributed by atoms with Crippen molar-refractivity contribution in [1.82, 2.24) is 0 Å². The van der Waals surface area contributed by atoms with E-state index in [1.807, 2.05) is 32.1 Å². The Morgan fingerprint density at radius 1 is 1.23 bits per heavy atom. The summed E-state index contributed by atoms with van der Waals surface area (Å²) in [7, 11) is 1.77. The lowest BCUT2D eigenvalue weighted by Gasteiger charge is -1.97. The van der Waals surface area contributed by atoms with Gasteiger partial charge in [0.05, 0.1) is 0 Å². The molecule has 0 heterocycles. The predicted molar refractivity (Wildman–Crippen MR) is 61.3 cm³/mol. The molecule has 0 unspecified atom stereocenters. The van der Waals surface area contributed by atoms with Crippen LogP contribution >= 0.6 is 0 Å². The van der Waals surface area contributed by atoms with Crippen LogP contribution in [0.4, 0.5) is 0 Å². The van der Waals surface area contributed by atoms with Crippen molar-refractivity contribution >= 4 is 5.71 Å². The van der Waals surface area contributed by atoms with E-state index in [0.29, 0.717) is 0 Å². The van der Waals surface area contributed by atoms with Crippen molar-refractivity contribution < 1.29 is 0 Å². The summed E-state index contributed by atoms with van der Waals surface area (Å²) in [4.78, 5) is 4.01. The van der Waals surface area contributed by atoms with Crippen LogP contribution in [-0.4, -0.2) is 12.8 Å². The highest BCUT2D eigenvalue weighted by molar-refractivity contribution is 5.93. The fourth-order valence-corrected chi connectivity index (χ4v) is 0.711. The van der Waals surface area contributed by atoms with E-state index >= 15 is 0 Å². The molecule has 0 aliphatic heterocycles. The van der Waals surface area contributed by atoms with E-state index in [-0.39, 0.29) is 0 Å². The van der Waals surface area contributed by atoms with E-state index in [2.05, 4.69) is 18.2 Å². The Bertz CT molecular complexity index is 277. The minimum Gasteiger partial charge on any atom is -0.293 e. The van der Waals surface area contributed by atoms with Gasteiger partial charge >= 0.3 is 0 Å². The molecular weight excluding hydrogens is 158 g/mol. The van der Waals surface area contributed by atoms with Gasteiger partial charge in [-0.1, -0.05) is 31.4 Å². The molecule has 0 aromatic carbocycles. The molecule has 0 aromatic heterocycles. The number of hydrogen-bond acceptors (Lipinski definition) is 1. The van der Waals surface area contributed by atoms with Gasteiger partial charge in [0.15, 0.2) is 0 Å². The van der Waals surface area contributed by atoms with Gasteiger partial charge in [0.2, 0.25) is 0 Å². The van der Waals surface area contributed by atoms with E-state index < -0.39 is 0 Å². The van der Waals surface area contributed by atoms with Gasteiger partial charge < -0.3 is 0 Å². The second-order valence-corrected chi connectivity index (χ2v) is 2.81. The number of hydrogen-bond donors (Lipinski definition) is 0. The van der Waals surface area contributed by atoms with Crippen molar-refractivity contribution in [2.24, 2.45) is 4.99 Å². The van der Waals surface area contributed by atoms with Gasteiger partial charge in [0.25, 0.3) is 0 Å². The van der Waals surface area contributed by atoms with Crippen LogP contribution in [0.1, 0.15) is 13.8 Å². The molecule has 0 rings (SSSR count). The number of aliphatic imine (C=N–C) groups is 1. The van der Waals surface area contributed by atoms with Crippen molar-refractivity contribution in [2.45, 2.75) is 13.8 Å². The molecule has 13 heavy (non-hydrogen) atoms. The maximum atomic E-state index is 4.01. The summed E-state index contributed by atoms with van der Waals surface area (Å²) >= 11 is 0. The van der Waals surface area contributed by atoms with Gasteiger partial charge in [-0.15, -0.1) is 0 Å². The maximum absolute atomic E-state index is 4.01. The van der Waals surface area contributed by atoms with E-state index in [1.54, 1.807) is 13.1 Å². The molecule has 70 valence electrons. The molecule has 0 atom stereocenters. The first-order valence-corrected chi connectivity index (χ1v) is 4.22. The molecule has 0 N–H and O–H groups in total. The second-order valence-electron chi connectivity index (χ2n) is 2.81. The number of rotatable bonds is 4. The SMILES string of the molecule is C=C/C=C(\C)C(=C)/C=C\C(C)=NC. The molecule has 0 saturated carbocycles. The van der Waals surface area contributed by atoms with Crippen LogP contribution < -0.4 is 0 Å². The van der Waals surface area contributed by atoms with Crippen molar-refractivity contribution in [2.75, 3.05) is 7.05 Å². The van der Waals surface area contributed by atoms with E-state index in [4.69, 9.17) is 0 Å². The zero-order valence-corrected chi connectivity index (χ0v) is 8.67. The predicted octanol–water partition coefficient (Wildman–Crippen LogP) is 3.32. The monoisotopic (exact) mass is 175 g/mol. The van der Waals surface area contributed by atoms with Crippen LogP contribution in [0.3, 0.4) is 0 Å². The maximum Gasteiger partial charge on any atom is 0.0314 e. The first-order valence-electron chi connectivity index (χ1n) is 4.22. The standard InChI is InChI=1S/C12H17N/c1-6-7-10(2)11(3)8-9-12(4)13-5/h6-9H,1,3H2,2,4-5H3/b9-8-,10-7+,13-12?. The third-order valence-corrected chi connectivity index (χ3v) is 1.75. The van der Waals surface area contributed by atoms with Crippen LogP contribution in [0, 0.1) is 0 Å². The third-order valence-electron chi connectivity index (χ3n) is 1.75. The van der Waals surface area contributed by atoms with E-state index in [1.165, 1.54) is 0 Å². The van der Waals surface area contributed by atoms with Crippen molar-refractivity contribution in [1.29, 1.82) is 0 Å². The zero-order chi connectivity index (χ0) is 10.3. The van der Waals surface area contributed by atoms with Crippen LogP contribution in [0.2, 0.25) is 0 Å². The summed E-state index contributed by atoms with van der Waals surface area (Å²) in [6, 6.07) is 0. The van der Waals surface area contributed by atoms with Gasteiger partial charge in [-0.05, 0) is 31.1 Å². The smallest absolute Gasteiger partial charge is 0.0314 e. The van der Waals surface area contributed by atoms with Crippen LogP contribution in [-0.2, 0) is 0 Å². The Balaban J connectivity index is 4.40. The lowest BCUT2D eigenvalue weighted by Crippen LogP contribution is -1.84. The Morgan fingerprint density at radius 3 is 2.31 bits per heavy atom. The molecule has 0 aliphatic carbocycles. The van der Waals surface area contributed by atoms with Crippen molar-refractivity contribution in [3.05, 3.63) is 48.6 Å². The first kappa shape index (κ1) is 11.6. The summed E-state index contributed by atoms with van der Waals surface area (Å²) in [5.41, 5.74) is 3.10. The third kappa shape index (κ3) is 4.96. The Kier molecular flexibility index (Phi) is 5.53. The summed E-state index contributed by atoms with van der Waals surface area (Å²) in [5.74, 6) is 0. The van der Waals surface area contributed by atoms with Gasteiger partial charge in [0.1, 0.15) is 0 Å². The van der Waals surface area contributed by atoms with Gasteiger partial charge in [0, 0.05) is 12.8 Å². The average Bonchev–Trinajstić information content (AvgIpc) is 2.13. The fraction of sp³-hybridized carbons (Fsp3) is 0.250. The fourth-order valence-electron chi connectivity index (χ4n) is 0.711. The second kappa shape index (κ2) is 6.18. The quantitative estimate of drug-likeness (QED) is 0.459. The molecule has 0 radical (unpaired) electrons. The molecule has 0 amide bonds. The molecule has 0 aliphatic rings. The Morgan fingerprint density at radius 2 is 1.85 bits per heavy atom. The summed E-state index contributed by atoms with van der Waals surface area (Å²) in [6.45, 7) is 11.5. The highest BCUT2D eigenvalue weighted by atomic mass is 14.7. The number of allylic oxidation sites excluding steroid dienone is 6. The normalized spacial score (nSPS) is 13.5. The van der Waals surface area contributed by atoms with Gasteiger partial charge in [-0.25, -0.2) is 0 Å². The van der Waals surface area contributed by atoms with Crippen molar-refractivity contribution in [3.63, 3.8) is 0 Å². The Labute approximate surface area is 80.9 Å². The molecule has 0 bridgehead atoms. The minimum atomic E-state index is 0.989. The molecule has 0 spiro atoms. The summed E-state index contributed by atoms with van der Waals surface area (Å²) in [6.07, 6.45) is 7.60. The lowest BCUT2D eigenvalue weighted by molar-refractivity contribution is 1.42. The summed E-state index contributed by atoms with van der Waals surface area (Å²) in [5, 5.41) is 0. The average molecular weight is 175 g/mol. The molecule has 0 fully saturated rings. The van der Waals surface area contributed by atoms with E-state index in [9.17, 15) is 0 Å². The minimum absolute atomic E-state index is 0.989. The van der Waals surface area contributed by atoms with Gasteiger partial charge in [-0.3, -0.25) is 4.99 Å². The number of nitrogens with zero attached hydrogens (tertiary/aromatic N) is 1. The molecule has 0 aromatic rings. The molecule has 1 nitrogen and oxygen atoms in total.